The molecule has 9 heteroatoms. The summed E-state index contributed by atoms with van der Waals surface area (Å²) < 4.78 is 4.68. The van der Waals surface area contributed by atoms with Gasteiger partial charge in [0.15, 0.2) is 0 Å². The van der Waals surface area contributed by atoms with Crippen molar-refractivity contribution < 1.29 is 23.9 Å². The minimum Gasteiger partial charge on any atom is -0.453 e. The number of nitrogens with zero attached hydrogens (tertiary/aromatic N) is 3. The second-order valence-electron chi connectivity index (χ2n) is 7.75. The van der Waals surface area contributed by atoms with Crippen molar-refractivity contribution in [1.29, 1.82) is 0 Å². The van der Waals surface area contributed by atoms with Gasteiger partial charge in [0.05, 0.1) is 18.2 Å². The Morgan fingerprint density at radius 1 is 0.964 bits per heavy atom. The molecule has 1 saturated heterocycles. The number of carbonyl (C=O) groups excluding carboxylic acids is 4. The van der Waals surface area contributed by atoms with Gasteiger partial charge in [-0.3, -0.25) is 14.5 Å². The zero-order valence-corrected chi connectivity index (χ0v) is 16.4. The van der Waals surface area contributed by atoms with Crippen LogP contribution in [-0.2, 0) is 4.74 Å². The Morgan fingerprint density at radius 3 is 2.11 bits per heavy atom. The van der Waals surface area contributed by atoms with E-state index in [4.69, 9.17) is 0 Å². The molecule has 1 N–H and O–H groups in total. The van der Waals surface area contributed by atoms with Crippen LogP contribution < -0.4 is 5.32 Å². The maximum atomic E-state index is 12.7. The largest absolute Gasteiger partial charge is 0.453 e. The fraction of sp³-hybridized carbons (Fsp3) is 0.474. The number of urea groups is 1. The van der Waals surface area contributed by atoms with E-state index in [2.05, 4.69) is 10.1 Å². The summed E-state index contributed by atoms with van der Waals surface area (Å²) in [5, 5.41) is 2.76. The zero-order valence-electron chi connectivity index (χ0n) is 16.4. The fourth-order valence-corrected chi connectivity index (χ4v) is 3.35. The molecular formula is C19H24N4O5. The van der Waals surface area contributed by atoms with Gasteiger partial charge in [-0.25, -0.2) is 9.59 Å². The van der Waals surface area contributed by atoms with Crippen molar-refractivity contribution in [3.63, 3.8) is 0 Å². The second kappa shape index (κ2) is 7.14. The van der Waals surface area contributed by atoms with Crippen molar-refractivity contribution in [2.24, 2.45) is 0 Å². The molecule has 0 atom stereocenters. The summed E-state index contributed by atoms with van der Waals surface area (Å²) in [7, 11) is 1.32. The predicted molar refractivity (Wildman–Crippen MR) is 101 cm³/mol. The fourth-order valence-electron chi connectivity index (χ4n) is 3.35. The molecule has 0 aliphatic carbocycles. The van der Waals surface area contributed by atoms with Gasteiger partial charge in [-0.15, -0.1) is 0 Å². The van der Waals surface area contributed by atoms with Crippen LogP contribution in [0.2, 0.25) is 0 Å². The molecule has 0 aromatic heterocycles. The van der Waals surface area contributed by atoms with Gasteiger partial charge >= 0.3 is 12.1 Å². The standard InChI is InChI=1S/C19H24N4O5/c1-19(2,3)23-15(24)13-6-5-12(11-14(13)16(23)25)20-17(26)21-7-9-22(10-8-21)18(27)28-4/h5-6,11H,7-10H2,1-4H3,(H,20,26). The molecule has 0 bridgehead atoms. The highest BCUT2D eigenvalue weighted by molar-refractivity contribution is 6.22. The van der Waals surface area contributed by atoms with Crippen LogP contribution in [0.25, 0.3) is 0 Å². The summed E-state index contributed by atoms with van der Waals surface area (Å²) >= 11 is 0. The quantitative estimate of drug-likeness (QED) is 0.742. The minimum absolute atomic E-state index is 0.285. The van der Waals surface area contributed by atoms with E-state index in [9.17, 15) is 19.2 Å². The number of carbonyl (C=O) groups is 4. The van der Waals surface area contributed by atoms with Crippen molar-refractivity contribution in [3.05, 3.63) is 29.3 Å². The Kier molecular flexibility index (Phi) is 5.01. The number of fused-ring (bicyclic) bond motifs is 1. The number of rotatable bonds is 1. The van der Waals surface area contributed by atoms with Crippen LogP contribution in [0.3, 0.4) is 0 Å². The van der Waals surface area contributed by atoms with Crippen LogP contribution in [0.1, 0.15) is 41.5 Å². The first-order chi connectivity index (χ1) is 13.1. The summed E-state index contributed by atoms with van der Waals surface area (Å²) in [6, 6.07) is 4.38. The topological polar surface area (TPSA) is 99.3 Å². The average molecular weight is 388 g/mol. The van der Waals surface area contributed by atoms with E-state index in [1.807, 2.05) is 0 Å². The van der Waals surface area contributed by atoms with Crippen molar-refractivity contribution >= 4 is 29.6 Å². The van der Waals surface area contributed by atoms with E-state index in [1.165, 1.54) is 23.0 Å². The van der Waals surface area contributed by atoms with Crippen molar-refractivity contribution in [1.82, 2.24) is 14.7 Å². The molecule has 0 unspecified atom stereocenters. The van der Waals surface area contributed by atoms with E-state index in [0.29, 0.717) is 37.4 Å². The van der Waals surface area contributed by atoms with Crippen molar-refractivity contribution in [2.75, 3.05) is 38.6 Å². The maximum absolute atomic E-state index is 12.7. The SMILES string of the molecule is COC(=O)N1CCN(C(=O)Nc2ccc3c(c2)C(=O)N(C(C)(C)C)C3=O)CC1. The molecule has 0 spiro atoms. The summed E-state index contributed by atoms with van der Waals surface area (Å²) in [5.41, 5.74) is 0.435. The lowest BCUT2D eigenvalue weighted by Gasteiger charge is -2.33. The minimum atomic E-state index is -0.629. The number of hydrogen-bond donors (Lipinski definition) is 1. The highest BCUT2D eigenvalue weighted by Gasteiger charge is 2.42. The van der Waals surface area contributed by atoms with E-state index in [-0.39, 0.29) is 23.4 Å². The van der Waals surface area contributed by atoms with E-state index < -0.39 is 11.6 Å². The van der Waals surface area contributed by atoms with Crippen LogP contribution in [0.15, 0.2) is 18.2 Å². The molecule has 2 aliphatic rings. The lowest BCUT2D eigenvalue weighted by molar-refractivity contribution is 0.0507. The number of amides is 5. The Bertz CT molecular complexity index is 837. The molecule has 2 heterocycles. The third-order valence-electron chi connectivity index (χ3n) is 4.81. The van der Waals surface area contributed by atoms with E-state index in [1.54, 1.807) is 37.8 Å². The number of benzene rings is 1. The molecule has 5 amide bonds. The van der Waals surface area contributed by atoms with Gasteiger partial charge in [0.2, 0.25) is 0 Å². The number of nitrogens with one attached hydrogen (secondary N) is 1. The van der Waals surface area contributed by atoms with Crippen LogP contribution in [-0.4, -0.2) is 77.5 Å². The molecule has 1 aromatic rings. The highest BCUT2D eigenvalue weighted by atomic mass is 16.5. The zero-order chi connectivity index (χ0) is 20.6. The summed E-state index contributed by atoms with van der Waals surface area (Å²) in [6.45, 7) is 6.92. The Balaban J connectivity index is 1.69. The average Bonchev–Trinajstić information content (AvgIpc) is 2.91. The highest BCUT2D eigenvalue weighted by Crippen LogP contribution is 2.31. The van der Waals surface area contributed by atoms with Crippen LogP contribution in [0.5, 0.6) is 0 Å². The predicted octanol–water partition coefficient (Wildman–Crippen LogP) is 2.00. The van der Waals surface area contributed by atoms with Gasteiger partial charge < -0.3 is 19.9 Å². The van der Waals surface area contributed by atoms with Crippen LogP contribution in [0, 0.1) is 0 Å². The number of anilines is 1. The molecule has 28 heavy (non-hydrogen) atoms. The van der Waals surface area contributed by atoms with Gasteiger partial charge in [0, 0.05) is 37.4 Å². The van der Waals surface area contributed by atoms with Gasteiger partial charge in [-0.2, -0.15) is 0 Å². The molecule has 1 aromatic carbocycles. The molecule has 3 rings (SSSR count). The molecule has 0 saturated carbocycles. The normalized spacial score (nSPS) is 16.9. The maximum Gasteiger partial charge on any atom is 0.409 e. The van der Waals surface area contributed by atoms with E-state index in [0.717, 1.165) is 0 Å². The van der Waals surface area contributed by atoms with Crippen LogP contribution in [0.4, 0.5) is 15.3 Å². The molecular weight excluding hydrogens is 364 g/mol. The lowest BCUT2D eigenvalue weighted by Crippen LogP contribution is -2.51. The molecule has 9 nitrogen and oxygen atoms in total. The van der Waals surface area contributed by atoms with Gasteiger partial charge in [0.25, 0.3) is 11.8 Å². The summed E-state index contributed by atoms with van der Waals surface area (Å²) in [5.74, 6) is -0.695. The number of piperazine rings is 1. The molecule has 2 aliphatic heterocycles. The number of methoxy groups -OCH3 is 1. The summed E-state index contributed by atoms with van der Waals surface area (Å²) in [4.78, 5) is 53.5. The lowest BCUT2D eigenvalue weighted by atomic mass is 10.1. The third-order valence-corrected chi connectivity index (χ3v) is 4.81. The Labute approximate surface area is 163 Å². The Morgan fingerprint density at radius 2 is 1.54 bits per heavy atom. The number of imide groups is 1. The second-order valence-corrected chi connectivity index (χ2v) is 7.75. The first kappa shape index (κ1) is 19.7. The first-order valence-electron chi connectivity index (χ1n) is 9.05. The van der Waals surface area contributed by atoms with Crippen LogP contribution >= 0.6 is 0 Å². The van der Waals surface area contributed by atoms with Gasteiger partial charge in [0.1, 0.15) is 0 Å². The Hall–Kier alpha value is -3.10. The monoisotopic (exact) mass is 388 g/mol. The molecule has 150 valence electrons. The smallest absolute Gasteiger partial charge is 0.409 e. The van der Waals surface area contributed by atoms with Crippen molar-refractivity contribution in [3.8, 4) is 0 Å². The third kappa shape index (κ3) is 3.51. The first-order valence-corrected chi connectivity index (χ1v) is 9.05. The van der Waals surface area contributed by atoms with E-state index >= 15 is 0 Å². The molecule has 1 fully saturated rings. The van der Waals surface area contributed by atoms with Gasteiger partial charge in [-0.1, -0.05) is 0 Å². The number of hydrogen-bond acceptors (Lipinski definition) is 5. The summed E-state index contributed by atoms with van der Waals surface area (Å²) in [6.07, 6.45) is -0.412. The van der Waals surface area contributed by atoms with Gasteiger partial charge in [-0.05, 0) is 39.0 Å². The molecule has 0 radical (unpaired) electrons. The van der Waals surface area contributed by atoms with Crippen molar-refractivity contribution in [2.45, 2.75) is 26.3 Å². The number of ether oxygens (including phenoxy) is 1.